The number of hydrogen-bond donors (Lipinski definition) is 4. The van der Waals surface area contributed by atoms with Crippen LogP contribution in [-0.4, -0.2) is 61.4 Å². The number of piperazine rings is 1. The number of carbonyl (C=O) groups is 2. The molecule has 190 valence electrons. The smallest absolute Gasteiger partial charge is 0.258 e. The van der Waals surface area contributed by atoms with Crippen molar-refractivity contribution in [2.75, 3.05) is 61.5 Å². The molecular weight excluding hydrogens is 488 g/mol. The van der Waals surface area contributed by atoms with Crippen molar-refractivity contribution in [3.63, 3.8) is 0 Å². The van der Waals surface area contributed by atoms with Crippen molar-refractivity contribution < 1.29 is 9.59 Å². The topological polar surface area (TPSA) is 103 Å². The molecule has 8 nitrogen and oxygen atoms in total. The van der Waals surface area contributed by atoms with Crippen molar-refractivity contribution in [2.24, 2.45) is 0 Å². The maximum Gasteiger partial charge on any atom is 0.258 e. The Morgan fingerprint density at radius 1 is 1.00 bits per heavy atom. The number of carbonyl (C=O) groups excluding carboxylic acids is 2. The summed E-state index contributed by atoms with van der Waals surface area (Å²) in [7, 11) is 2.08. The van der Waals surface area contributed by atoms with E-state index in [0.29, 0.717) is 45.6 Å². The van der Waals surface area contributed by atoms with E-state index in [1.807, 2.05) is 42.5 Å². The molecule has 0 atom stereocenters. The number of fused-ring (bicyclic) bond motifs is 1. The first-order chi connectivity index (χ1) is 17.9. The van der Waals surface area contributed by atoms with Gasteiger partial charge >= 0.3 is 0 Å². The monoisotopic (exact) mass is 516 g/mol. The van der Waals surface area contributed by atoms with Crippen LogP contribution in [0.2, 0.25) is 5.02 Å². The molecule has 0 spiro atoms. The minimum atomic E-state index is -0.218. The zero-order chi connectivity index (χ0) is 25.9. The SMILES string of the molecule is CN1CCN(CC(=O)Nc2ccc(N/C(=C3\C(=O)Nc4cc(Cl)ccc43)c3ccccc3)cc2N)CC1. The van der Waals surface area contributed by atoms with Crippen molar-refractivity contribution >= 4 is 57.4 Å². The van der Waals surface area contributed by atoms with Gasteiger partial charge in [-0.05, 0) is 42.9 Å². The summed E-state index contributed by atoms with van der Waals surface area (Å²) in [5.41, 5.74) is 11.4. The fourth-order valence-corrected chi connectivity index (χ4v) is 4.75. The highest BCUT2D eigenvalue weighted by atomic mass is 35.5. The number of nitrogens with one attached hydrogen (secondary N) is 3. The molecule has 0 radical (unpaired) electrons. The van der Waals surface area contributed by atoms with Crippen LogP contribution in [0.4, 0.5) is 22.7 Å². The second-order valence-electron chi connectivity index (χ2n) is 9.31. The lowest BCUT2D eigenvalue weighted by Gasteiger charge is -2.31. The molecule has 2 heterocycles. The number of halogens is 1. The van der Waals surface area contributed by atoms with Gasteiger partial charge in [0.25, 0.3) is 5.91 Å². The average Bonchev–Trinajstić information content (AvgIpc) is 3.20. The molecule has 5 rings (SSSR count). The van der Waals surface area contributed by atoms with E-state index in [0.717, 1.165) is 37.3 Å². The fraction of sp³-hybridized carbons (Fsp3) is 0.214. The van der Waals surface area contributed by atoms with E-state index in [9.17, 15) is 9.59 Å². The molecule has 9 heteroatoms. The van der Waals surface area contributed by atoms with E-state index >= 15 is 0 Å². The van der Waals surface area contributed by atoms with Crippen molar-refractivity contribution in [3.8, 4) is 0 Å². The summed E-state index contributed by atoms with van der Waals surface area (Å²) in [4.78, 5) is 30.0. The average molecular weight is 517 g/mol. The highest BCUT2D eigenvalue weighted by Gasteiger charge is 2.28. The van der Waals surface area contributed by atoms with E-state index in [1.165, 1.54) is 0 Å². The first-order valence-electron chi connectivity index (χ1n) is 12.2. The number of rotatable bonds is 6. The minimum Gasteiger partial charge on any atom is -0.397 e. The molecule has 5 N–H and O–H groups in total. The number of nitrogens with zero attached hydrogens (tertiary/aromatic N) is 2. The quantitative estimate of drug-likeness (QED) is 0.291. The molecule has 0 unspecified atom stereocenters. The lowest BCUT2D eigenvalue weighted by Crippen LogP contribution is -2.47. The Hall–Kier alpha value is -3.85. The molecule has 0 aromatic heterocycles. The number of anilines is 4. The van der Waals surface area contributed by atoms with Crippen LogP contribution in [0, 0.1) is 0 Å². The largest absolute Gasteiger partial charge is 0.397 e. The maximum atomic E-state index is 13.0. The van der Waals surface area contributed by atoms with Crippen LogP contribution in [0.25, 0.3) is 11.3 Å². The van der Waals surface area contributed by atoms with E-state index in [4.69, 9.17) is 17.3 Å². The van der Waals surface area contributed by atoms with Crippen LogP contribution in [0.1, 0.15) is 11.1 Å². The van der Waals surface area contributed by atoms with Gasteiger partial charge in [-0.15, -0.1) is 0 Å². The van der Waals surface area contributed by atoms with Gasteiger partial charge < -0.3 is 26.6 Å². The van der Waals surface area contributed by atoms with Gasteiger partial charge in [-0.25, -0.2) is 0 Å². The van der Waals surface area contributed by atoms with E-state index < -0.39 is 0 Å². The summed E-state index contributed by atoms with van der Waals surface area (Å²) in [6.07, 6.45) is 0. The summed E-state index contributed by atoms with van der Waals surface area (Å²) in [5, 5.41) is 9.77. The molecule has 0 aliphatic carbocycles. The van der Waals surface area contributed by atoms with Gasteiger partial charge in [0.15, 0.2) is 0 Å². The van der Waals surface area contributed by atoms with E-state index in [1.54, 1.807) is 24.3 Å². The van der Waals surface area contributed by atoms with Gasteiger partial charge in [0.05, 0.1) is 34.9 Å². The highest BCUT2D eigenvalue weighted by molar-refractivity contribution is 6.38. The third-order valence-corrected chi connectivity index (χ3v) is 6.83. The van der Waals surface area contributed by atoms with E-state index in [-0.39, 0.29) is 11.8 Å². The van der Waals surface area contributed by atoms with E-state index in [2.05, 4.69) is 32.8 Å². The molecule has 1 saturated heterocycles. The summed E-state index contributed by atoms with van der Waals surface area (Å²) < 4.78 is 0. The Balaban J connectivity index is 1.39. The van der Waals surface area contributed by atoms with Crippen LogP contribution in [0.15, 0.2) is 66.7 Å². The van der Waals surface area contributed by atoms with Gasteiger partial charge in [-0.2, -0.15) is 0 Å². The van der Waals surface area contributed by atoms with Crippen LogP contribution < -0.4 is 21.7 Å². The molecule has 0 saturated carbocycles. The number of hydrogen-bond acceptors (Lipinski definition) is 6. The Labute approximate surface area is 221 Å². The minimum absolute atomic E-state index is 0.0954. The Morgan fingerprint density at radius 3 is 2.49 bits per heavy atom. The van der Waals surface area contributed by atoms with Crippen LogP contribution in [0.5, 0.6) is 0 Å². The summed E-state index contributed by atoms with van der Waals surface area (Å²) >= 11 is 6.14. The lowest BCUT2D eigenvalue weighted by atomic mass is 10.00. The molecule has 2 amide bonds. The number of amides is 2. The molecule has 3 aromatic carbocycles. The number of likely N-dealkylation sites (N-methyl/N-ethyl adjacent to an activating group) is 1. The third kappa shape index (κ3) is 5.61. The van der Waals surface area contributed by atoms with Gasteiger partial charge in [-0.3, -0.25) is 14.5 Å². The van der Waals surface area contributed by atoms with Crippen LogP contribution >= 0.6 is 11.6 Å². The van der Waals surface area contributed by atoms with Crippen molar-refractivity contribution in [1.29, 1.82) is 0 Å². The molecule has 2 aliphatic rings. The molecule has 3 aromatic rings. The maximum absolute atomic E-state index is 13.0. The van der Waals surface area contributed by atoms with Crippen molar-refractivity contribution in [1.82, 2.24) is 9.80 Å². The molecular formula is C28H29ClN6O2. The molecule has 37 heavy (non-hydrogen) atoms. The van der Waals surface area contributed by atoms with Gasteiger partial charge in [-0.1, -0.05) is 48.0 Å². The summed E-state index contributed by atoms with van der Waals surface area (Å²) in [5.74, 6) is -0.314. The number of benzene rings is 3. The highest BCUT2D eigenvalue weighted by Crippen LogP contribution is 2.39. The number of nitrogens with two attached hydrogens (primary N) is 1. The second-order valence-corrected chi connectivity index (χ2v) is 9.75. The lowest BCUT2D eigenvalue weighted by molar-refractivity contribution is -0.117. The molecule has 2 aliphatic heterocycles. The van der Waals surface area contributed by atoms with Crippen LogP contribution in [0.3, 0.4) is 0 Å². The Morgan fingerprint density at radius 2 is 1.76 bits per heavy atom. The third-order valence-electron chi connectivity index (χ3n) is 6.60. The molecule has 1 fully saturated rings. The number of nitrogen functional groups attached to an aromatic ring is 1. The summed E-state index contributed by atoms with van der Waals surface area (Å²) in [6, 6.07) is 20.3. The Bertz CT molecular complexity index is 1370. The normalized spacial score (nSPS) is 17.2. The fourth-order valence-electron chi connectivity index (χ4n) is 4.57. The standard InChI is InChI=1S/C28H29ClN6O2/c1-34-11-13-35(14-12-34)17-25(36)32-23-10-8-20(16-22(23)30)31-27(18-5-3-2-4-6-18)26-21-9-7-19(29)15-24(21)33-28(26)37/h2-10,15-16,31H,11-14,17,30H2,1H3,(H,32,36)(H,33,37)/b27-26-. The van der Waals surface area contributed by atoms with Crippen LogP contribution in [-0.2, 0) is 9.59 Å². The second kappa shape index (κ2) is 10.6. The van der Waals surface area contributed by atoms with Gasteiger partial charge in [0.2, 0.25) is 5.91 Å². The van der Waals surface area contributed by atoms with Crippen molar-refractivity contribution in [3.05, 3.63) is 82.9 Å². The predicted molar refractivity (Wildman–Crippen MR) is 150 cm³/mol. The first-order valence-corrected chi connectivity index (χ1v) is 12.5. The zero-order valence-electron chi connectivity index (χ0n) is 20.6. The summed E-state index contributed by atoms with van der Waals surface area (Å²) in [6.45, 7) is 3.95. The van der Waals surface area contributed by atoms with Gasteiger partial charge in [0, 0.05) is 42.5 Å². The Kier molecular flexibility index (Phi) is 7.14. The van der Waals surface area contributed by atoms with Gasteiger partial charge in [0.1, 0.15) is 0 Å². The predicted octanol–water partition coefficient (Wildman–Crippen LogP) is 4.04. The van der Waals surface area contributed by atoms with Crippen molar-refractivity contribution in [2.45, 2.75) is 0 Å². The first kappa shape index (κ1) is 24.8. The zero-order valence-corrected chi connectivity index (χ0v) is 21.3. The molecule has 0 bridgehead atoms.